The van der Waals surface area contributed by atoms with Crippen LogP contribution in [0.15, 0.2) is 24.3 Å². The van der Waals surface area contributed by atoms with Crippen LogP contribution in [0.25, 0.3) is 10.9 Å². The zero-order valence-corrected chi connectivity index (χ0v) is 15.1. The van der Waals surface area contributed by atoms with Crippen molar-refractivity contribution in [3.63, 3.8) is 0 Å². The van der Waals surface area contributed by atoms with Gasteiger partial charge in [0, 0.05) is 35.0 Å². The van der Waals surface area contributed by atoms with Gasteiger partial charge in [0.2, 0.25) is 5.91 Å². The van der Waals surface area contributed by atoms with E-state index in [4.69, 9.17) is 0 Å². The van der Waals surface area contributed by atoms with Gasteiger partial charge in [-0.2, -0.15) is 0 Å². The number of nitrogens with zero attached hydrogens (tertiary/aromatic N) is 1. The van der Waals surface area contributed by atoms with E-state index in [1.165, 1.54) is 25.0 Å². The van der Waals surface area contributed by atoms with Crippen LogP contribution in [0.4, 0.5) is 5.69 Å². The van der Waals surface area contributed by atoms with Gasteiger partial charge in [-0.3, -0.25) is 4.79 Å². The zero-order valence-electron chi connectivity index (χ0n) is 15.1. The van der Waals surface area contributed by atoms with Crippen molar-refractivity contribution in [3.05, 3.63) is 30.0 Å². The summed E-state index contributed by atoms with van der Waals surface area (Å²) >= 11 is 0. The van der Waals surface area contributed by atoms with E-state index >= 15 is 0 Å². The average molecular weight is 327 g/mol. The van der Waals surface area contributed by atoms with E-state index in [1.807, 2.05) is 12.1 Å². The summed E-state index contributed by atoms with van der Waals surface area (Å²) in [6.07, 6.45) is 4.42. The van der Waals surface area contributed by atoms with Crippen LogP contribution >= 0.6 is 0 Å². The zero-order chi connectivity index (χ0) is 17.2. The molecular weight excluding hydrogens is 298 g/mol. The van der Waals surface area contributed by atoms with E-state index < -0.39 is 0 Å². The molecule has 0 bridgehead atoms. The summed E-state index contributed by atoms with van der Waals surface area (Å²) < 4.78 is 0. The highest BCUT2D eigenvalue weighted by atomic mass is 16.1. The average Bonchev–Trinajstić information content (AvgIpc) is 3.00. The van der Waals surface area contributed by atoms with Gasteiger partial charge in [-0.15, -0.1) is 0 Å². The predicted octanol–water partition coefficient (Wildman–Crippen LogP) is 4.28. The van der Waals surface area contributed by atoms with E-state index in [2.05, 4.69) is 48.1 Å². The first kappa shape index (κ1) is 17.0. The second-order valence-electron chi connectivity index (χ2n) is 7.90. The molecule has 1 aliphatic rings. The number of H-pyrrole nitrogens is 1. The number of benzene rings is 1. The molecule has 0 saturated carbocycles. The summed E-state index contributed by atoms with van der Waals surface area (Å²) in [4.78, 5) is 18.2. The Morgan fingerprint density at radius 1 is 1.21 bits per heavy atom. The van der Waals surface area contributed by atoms with Crippen LogP contribution < -0.4 is 5.32 Å². The molecule has 0 aliphatic carbocycles. The molecule has 0 radical (unpaired) electrons. The largest absolute Gasteiger partial charge is 0.358 e. The van der Waals surface area contributed by atoms with Crippen molar-refractivity contribution in [1.82, 2.24) is 9.88 Å². The molecule has 24 heavy (non-hydrogen) atoms. The van der Waals surface area contributed by atoms with Gasteiger partial charge in [-0.1, -0.05) is 33.3 Å². The number of likely N-dealkylation sites (tertiary alicyclic amines) is 1. The van der Waals surface area contributed by atoms with Gasteiger partial charge < -0.3 is 15.2 Å². The Kier molecular flexibility index (Phi) is 4.95. The molecule has 1 amide bonds. The Labute approximate surface area is 144 Å². The van der Waals surface area contributed by atoms with E-state index in [0.717, 1.165) is 36.2 Å². The molecular formula is C20H29N3O. The molecule has 1 aromatic carbocycles. The lowest BCUT2D eigenvalue weighted by molar-refractivity contribution is -0.116. The molecule has 130 valence electrons. The highest BCUT2D eigenvalue weighted by molar-refractivity contribution is 6.01. The highest BCUT2D eigenvalue weighted by Crippen LogP contribution is 2.30. The van der Waals surface area contributed by atoms with E-state index in [-0.39, 0.29) is 11.3 Å². The minimum Gasteiger partial charge on any atom is -0.358 e. The number of carbonyl (C=O) groups is 1. The van der Waals surface area contributed by atoms with Gasteiger partial charge in [-0.25, -0.2) is 0 Å². The molecule has 2 N–H and O–H groups in total. The third-order valence-corrected chi connectivity index (χ3v) is 4.85. The number of nitrogens with one attached hydrogen (secondary N) is 2. The topological polar surface area (TPSA) is 48.1 Å². The third-order valence-electron chi connectivity index (χ3n) is 4.85. The molecule has 1 aliphatic heterocycles. The van der Waals surface area contributed by atoms with Crippen molar-refractivity contribution in [2.45, 2.75) is 51.9 Å². The lowest BCUT2D eigenvalue weighted by Crippen LogP contribution is -2.32. The van der Waals surface area contributed by atoms with Gasteiger partial charge in [0.25, 0.3) is 0 Å². The van der Waals surface area contributed by atoms with Crippen LogP contribution in [-0.2, 0) is 10.2 Å². The summed E-state index contributed by atoms with van der Waals surface area (Å²) in [6.45, 7) is 9.70. The Balaban J connectivity index is 1.67. The van der Waals surface area contributed by atoms with Crippen LogP contribution in [0.5, 0.6) is 0 Å². The minimum atomic E-state index is 0.0640. The van der Waals surface area contributed by atoms with Crippen LogP contribution in [-0.4, -0.2) is 35.4 Å². The fourth-order valence-corrected chi connectivity index (χ4v) is 3.32. The number of aromatic nitrogens is 1. The second-order valence-corrected chi connectivity index (χ2v) is 7.90. The molecule has 4 nitrogen and oxygen atoms in total. The first-order valence-corrected chi connectivity index (χ1v) is 9.08. The molecule has 0 unspecified atom stereocenters. The number of rotatable bonds is 4. The first-order chi connectivity index (χ1) is 11.4. The first-order valence-electron chi connectivity index (χ1n) is 9.08. The molecule has 1 saturated heterocycles. The number of hydrogen-bond acceptors (Lipinski definition) is 2. The van der Waals surface area contributed by atoms with Crippen molar-refractivity contribution in [2.75, 3.05) is 25.0 Å². The van der Waals surface area contributed by atoms with Crippen molar-refractivity contribution in [2.24, 2.45) is 0 Å². The van der Waals surface area contributed by atoms with Crippen LogP contribution in [0.1, 0.15) is 52.1 Å². The van der Waals surface area contributed by atoms with Crippen molar-refractivity contribution >= 4 is 22.5 Å². The SMILES string of the molecule is CC(C)(C)c1cc2c(NC(=O)CCN3CCCCC3)cccc2[nH]1. The number of fused-ring (bicyclic) bond motifs is 1. The maximum atomic E-state index is 12.4. The number of piperidine rings is 1. The Bertz CT molecular complexity index is 705. The fourth-order valence-electron chi connectivity index (χ4n) is 3.32. The van der Waals surface area contributed by atoms with Crippen LogP contribution in [0.3, 0.4) is 0 Å². The van der Waals surface area contributed by atoms with Gasteiger partial charge in [-0.05, 0) is 44.1 Å². The van der Waals surface area contributed by atoms with Crippen LogP contribution in [0, 0.1) is 0 Å². The molecule has 2 heterocycles. The second kappa shape index (κ2) is 6.98. The maximum Gasteiger partial charge on any atom is 0.225 e. The minimum absolute atomic E-state index is 0.0640. The summed E-state index contributed by atoms with van der Waals surface area (Å²) in [6, 6.07) is 8.20. The number of carbonyl (C=O) groups excluding carboxylic acids is 1. The summed E-state index contributed by atoms with van der Waals surface area (Å²) in [5, 5.41) is 4.20. The number of hydrogen-bond donors (Lipinski definition) is 2. The summed E-state index contributed by atoms with van der Waals surface area (Å²) in [5.41, 5.74) is 3.23. The number of aromatic amines is 1. The van der Waals surface area contributed by atoms with Crippen molar-refractivity contribution in [1.29, 1.82) is 0 Å². The molecule has 1 aromatic heterocycles. The van der Waals surface area contributed by atoms with E-state index in [9.17, 15) is 4.79 Å². The monoisotopic (exact) mass is 327 g/mol. The Morgan fingerprint density at radius 2 is 1.96 bits per heavy atom. The normalized spacial score (nSPS) is 16.5. The van der Waals surface area contributed by atoms with Gasteiger partial charge in [0.05, 0.1) is 5.69 Å². The van der Waals surface area contributed by atoms with Gasteiger partial charge >= 0.3 is 0 Å². The maximum absolute atomic E-state index is 12.4. The summed E-state index contributed by atoms with van der Waals surface area (Å²) in [7, 11) is 0. The fraction of sp³-hybridized carbons (Fsp3) is 0.550. The lowest BCUT2D eigenvalue weighted by Gasteiger charge is -2.25. The Hall–Kier alpha value is -1.81. The number of amides is 1. The van der Waals surface area contributed by atoms with Gasteiger partial charge in [0.1, 0.15) is 0 Å². The molecule has 4 heteroatoms. The third kappa shape index (κ3) is 3.99. The van der Waals surface area contributed by atoms with Crippen LogP contribution in [0.2, 0.25) is 0 Å². The smallest absolute Gasteiger partial charge is 0.225 e. The predicted molar refractivity (Wildman–Crippen MR) is 101 cm³/mol. The van der Waals surface area contributed by atoms with E-state index in [0.29, 0.717) is 6.42 Å². The van der Waals surface area contributed by atoms with Crippen molar-refractivity contribution < 1.29 is 4.79 Å². The lowest BCUT2D eigenvalue weighted by atomic mass is 9.92. The molecule has 1 fully saturated rings. The molecule has 2 aromatic rings. The highest BCUT2D eigenvalue weighted by Gasteiger charge is 2.18. The number of anilines is 1. The Morgan fingerprint density at radius 3 is 2.67 bits per heavy atom. The standard InChI is InChI=1S/C20H29N3O/c1-20(2,3)18-14-15-16(21-18)8-7-9-17(15)22-19(24)10-13-23-11-5-4-6-12-23/h7-9,14,21H,4-6,10-13H2,1-3H3,(H,22,24). The molecule has 0 spiro atoms. The molecule has 0 atom stereocenters. The van der Waals surface area contributed by atoms with Gasteiger partial charge in [0.15, 0.2) is 0 Å². The molecule has 3 rings (SSSR count). The van der Waals surface area contributed by atoms with E-state index in [1.54, 1.807) is 0 Å². The quantitative estimate of drug-likeness (QED) is 0.880. The van der Waals surface area contributed by atoms with Crippen molar-refractivity contribution in [3.8, 4) is 0 Å². The summed E-state index contributed by atoms with van der Waals surface area (Å²) in [5.74, 6) is 0.103.